The van der Waals surface area contributed by atoms with Crippen LogP contribution in [0.5, 0.6) is 0 Å². The number of rotatable bonds is 8. The maximum absolute atomic E-state index is 13.3. The third kappa shape index (κ3) is 4.53. The summed E-state index contributed by atoms with van der Waals surface area (Å²) in [5, 5.41) is 12.0. The van der Waals surface area contributed by atoms with Crippen LogP contribution in [0.1, 0.15) is 69.2 Å². The molecule has 2 amide bonds. The van der Waals surface area contributed by atoms with Gasteiger partial charge in [-0.1, -0.05) is 27.2 Å². The van der Waals surface area contributed by atoms with Gasteiger partial charge in [0.25, 0.3) is 0 Å². The van der Waals surface area contributed by atoms with Crippen LogP contribution in [-0.4, -0.2) is 63.9 Å². The minimum absolute atomic E-state index is 0.0327. The van der Waals surface area contributed by atoms with E-state index in [9.17, 15) is 14.4 Å². The van der Waals surface area contributed by atoms with Crippen molar-refractivity contribution in [1.82, 2.24) is 15.1 Å². The van der Waals surface area contributed by atoms with Crippen molar-refractivity contribution in [2.24, 2.45) is 5.92 Å². The number of piperazine rings is 1. The number of likely N-dealkylation sites (tertiary alicyclic amines) is 1. The molecule has 0 aromatic carbocycles. The number of nitrogens with one attached hydrogen (secondary N) is 1. The van der Waals surface area contributed by atoms with Gasteiger partial charge in [0.05, 0.1) is 6.54 Å². The van der Waals surface area contributed by atoms with Crippen LogP contribution in [0.2, 0.25) is 0 Å². The van der Waals surface area contributed by atoms with Crippen molar-refractivity contribution in [2.75, 3.05) is 19.6 Å². The van der Waals surface area contributed by atoms with Crippen molar-refractivity contribution in [2.45, 2.75) is 71.0 Å². The molecule has 30 heavy (non-hydrogen) atoms. The van der Waals surface area contributed by atoms with Crippen LogP contribution in [0.15, 0.2) is 16.5 Å². The molecule has 8 nitrogen and oxygen atoms in total. The standard InChI is InChI=1S/C22H33N3O5/c1-4-5-10-25-19(26)17(13-15(2)3)23-21(29)22(25)8-11-24(12-9-22)14-16-6-7-18(30-16)20(27)28/h6-7,15,17H,4-5,8-14H2,1-3H3,(H,23,29)(H,27,28). The van der Waals surface area contributed by atoms with Gasteiger partial charge in [0.15, 0.2) is 0 Å². The lowest BCUT2D eigenvalue weighted by molar-refractivity contribution is -0.161. The second-order valence-electron chi connectivity index (χ2n) is 8.88. The molecule has 0 radical (unpaired) electrons. The van der Waals surface area contributed by atoms with E-state index >= 15 is 0 Å². The highest BCUT2D eigenvalue weighted by Crippen LogP contribution is 2.34. The molecule has 1 atom stereocenters. The zero-order valence-corrected chi connectivity index (χ0v) is 18.1. The number of carboxylic acids is 1. The first kappa shape index (κ1) is 22.3. The second-order valence-corrected chi connectivity index (χ2v) is 8.88. The van der Waals surface area contributed by atoms with Crippen LogP contribution < -0.4 is 5.32 Å². The van der Waals surface area contributed by atoms with Gasteiger partial charge in [-0.25, -0.2) is 4.79 Å². The predicted molar refractivity (Wildman–Crippen MR) is 111 cm³/mol. The fourth-order valence-electron chi connectivity index (χ4n) is 4.52. The predicted octanol–water partition coefficient (Wildman–Crippen LogP) is 2.49. The number of hydrogen-bond acceptors (Lipinski definition) is 5. The topological polar surface area (TPSA) is 103 Å². The Morgan fingerprint density at radius 1 is 1.30 bits per heavy atom. The first-order valence-corrected chi connectivity index (χ1v) is 10.9. The molecule has 2 fully saturated rings. The van der Waals surface area contributed by atoms with E-state index in [4.69, 9.17) is 9.52 Å². The van der Waals surface area contributed by atoms with E-state index in [0.29, 0.717) is 57.1 Å². The summed E-state index contributed by atoms with van der Waals surface area (Å²) >= 11 is 0. The molecule has 1 unspecified atom stereocenters. The molecule has 2 saturated heterocycles. The molecule has 2 N–H and O–H groups in total. The van der Waals surface area contributed by atoms with Crippen molar-refractivity contribution < 1.29 is 23.9 Å². The van der Waals surface area contributed by atoms with E-state index in [1.54, 1.807) is 6.07 Å². The molecular formula is C22H33N3O5. The summed E-state index contributed by atoms with van der Waals surface area (Å²) < 4.78 is 5.36. The molecule has 2 aliphatic rings. The van der Waals surface area contributed by atoms with E-state index in [1.165, 1.54) is 6.07 Å². The minimum Gasteiger partial charge on any atom is -0.475 e. The third-order valence-corrected chi connectivity index (χ3v) is 6.19. The van der Waals surface area contributed by atoms with Crippen molar-refractivity contribution >= 4 is 17.8 Å². The number of piperidine rings is 1. The Balaban J connectivity index is 1.71. The van der Waals surface area contributed by atoms with Gasteiger partial charge in [0.1, 0.15) is 17.3 Å². The number of carbonyl (C=O) groups excluding carboxylic acids is 2. The molecule has 0 aliphatic carbocycles. The number of unbranched alkanes of at least 4 members (excludes halogenated alkanes) is 1. The summed E-state index contributed by atoms with van der Waals surface area (Å²) in [6, 6.07) is 2.70. The molecule has 1 spiro atoms. The summed E-state index contributed by atoms with van der Waals surface area (Å²) in [6.07, 6.45) is 3.63. The Labute approximate surface area is 177 Å². The van der Waals surface area contributed by atoms with Gasteiger partial charge in [0, 0.05) is 19.6 Å². The van der Waals surface area contributed by atoms with Crippen LogP contribution in [0, 0.1) is 5.92 Å². The number of carbonyl (C=O) groups is 3. The maximum Gasteiger partial charge on any atom is 0.371 e. The van der Waals surface area contributed by atoms with E-state index < -0.39 is 17.6 Å². The highest BCUT2D eigenvalue weighted by molar-refractivity contribution is 6.00. The largest absolute Gasteiger partial charge is 0.475 e. The molecule has 3 rings (SSSR count). The number of carboxylic acid groups (broad SMARTS) is 1. The van der Waals surface area contributed by atoms with Crippen LogP contribution in [0.4, 0.5) is 0 Å². The highest BCUT2D eigenvalue weighted by Gasteiger charge is 2.53. The average molecular weight is 420 g/mol. The van der Waals surface area contributed by atoms with Crippen LogP contribution in [0.25, 0.3) is 0 Å². The summed E-state index contributed by atoms with van der Waals surface area (Å²) in [6.45, 7) is 8.58. The molecule has 0 bridgehead atoms. The summed E-state index contributed by atoms with van der Waals surface area (Å²) in [7, 11) is 0. The Hall–Kier alpha value is -2.35. The van der Waals surface area contributed by atoms with E-state index in [2.05, 4.69) is 31.0 Å². The number of aromatic carboxylic acids is 1. The summed E-state index contributed by atoms with van der Waals surface area (Å²) in [5.41, 5.74) is -0.786. The minimum atomic E-state index is -1.08. The van der Waals surface area contributed by atoms with Crippen molar-refractivity contribution in [3.05, 3.63) is 23.7 Å². The van der Waals surface area contributed by atoms with E-state index in [1.807, 2.05) is 4.90 Å². The van der Waals surface area contributed by atoms with Gasteiger partial charge in [-0.2, -0.15) is 0 Å². The van der Waals surface area contributed by atoms with Crippen LogP contribution >= 0.6 is 0 Å². The highest BCUT2D eigenvalue weighted by atomic mass is 16.4. The molecule has 1 aromatic rings. The molecule has 2 aliphatic heterocycles. The van der Waals surface area contributed by atoms with Gasteiger partial charge < -0.3 is 19.7 Å². The Kier molecular flexibility index (Phi) is 6.85. The lowest BCUT2D eigenvalue weighted by Gasteiger charge is -2.51. The molecule has 1 aromatic heterocycles. The lowest BCUT2D eigenvalue weighted by atomic mass is 9.80. The monoisotopic (exact) mass is 419 g/mol. The van der Waals surface area contributed by atoms with Gasteiger partial charge >= 0.3 is 5.97 Å². The van der Waals surface area contributed by atoms with E-state index in [0.717, 1.165) is 12.8 Å². The number of nitrogens with zero attached hydrogens (tertiary/aromatic N) is 2. The number of amides is 2. The normalized spacial score (nSPS) is 22.0. The zero-order valence-electron chi connectivity index (χ0n) is 18.1. The molecular weight excluding hydrogens is 386 g/mol. The smallest absolute Gasteiger partial charge is 0.371 e. The number of furan rings is 1. The third-order valence-electron chi connectivity index (χ3n) is 6.19. The molecule has 8 heteroatoms. The first-order valence-electron chi connectivity index (χ1n) is 10.9. The molecule has 0 saturated carbocycles. The van der Waals surface area contributed by atoms with Crippen LogP contribution in [-0.2, 0) is 16.1 Å². The van der Waals surface area contributed by atoms with E-state index in [-0.39, 0.29) is 17.6 Å². The second kappa shape index (κ2) is 9.20. The quantitative estimate of drug-likeness (QED) is 0.671. The molecule has 3 heterocycles. The van der Waals surface area contributed by atoms with Crippen molar-refractivity contribution in [3.63, 3.8) is 0 Å². The maximum atomic E-state index is 13.3. The van der Waals surface area contributed by atoms with Gasteiger partial charge in [-0.3, -0.25) is 14.5 Å². The first-order chi connectivity index (χ1) is 14.3. The van der Waals surface area contributed by atoms with Crippen molar-refractivity contribution in [3.8, 4) is 0 Å². The fraction of sp³-hybridized carbons (Fsp3) is 0.682. The molecule has 166 valence electrons. The lowest BCUT2D eigenvalue weighted by Crippen LogP contribution is -2.73. The van der Waals surface area contributed by atoms with Gasteiger partial charge in [0.2, 0.25) is 17.6 Å². The van der Waals surface area contributed by atoms with Crippen molar-refractivity contribution in [1.29, 1.82) is 0 Å². The Bertz CT molecular complexity index is 779. The van der Waals surface area contributed by atoms with Gasteiger partial charge in [-0.05, 0) is 43.7 Å². The Morgan fingerprint density at radius 3 is 2.57 bits per heavy atom. The summed E-state index contributed by atoms with van der Waals surface area (Å²) in [4.78, 5) is 41.5. The van der Waals surface area contributed by atoms with Gasteiger partial charge in [-0.15, -0.1) is 0 Å². The SMILES string of the molecule is CCCCN1C(=O)C(CC(C)C)NC(=O)C12CCN(Cc1ccc(C(=O)O)o1)CC2. The zero-order chi connectivity index (χ0) is 21.9. The average Bonchev–Trinajstić information content (AvgIpc) is 3.16. The fourth-order valence-corrected chi connectivity index (χ4v) is 4.52. The Morgan fingerprint density at radius 2 is 2.00 bits per heavy atom. The summed E-state index contributed by atoms with van der Waals surface area (Å²) in [5.74, 6) is -0.229. The van der Waals surface area contributed by atoms with Crippen LogP contribution in [0.3, 0.4) is 0 Å². The number of hydrogen-bond donors (Lipinski definition) is 2.